The summed E-state index contributed by atoms with van der Waals surface area (Å²) in [6.07, 6.45) is -2.64. The van der Waals surface area contributed by atoms with Gasteiger partial charge in [-0.05, 0) is 32.0 Å². The van der Waals surface area contributed by atoms with Gasteiger partial charge >= 0.3 is 6.18 Å². The molecule has 0 spiro atoms. The van der Waals surface area contributed by atoms with Crippen LogP contribution in [0.5, 0.6) is 5.75 Å². The summed E-state index contributed by atoms with van der Waals surface area (Å²) in [5, 5.41) is 3.11. The highest BCUT2D eigenvalue weighted by Crippen LogP contribution is 2.35. The van der Waals surface area contributed by atoms with Crippen LogP contribution < -0.4 is 10.1 Å². The predicted molar refractivity (Wildman–Crippen MR) is 75.6 cm³/mol. The fraction of sp³-hybridized carbons (Fsp3) is 0.533. The van der Waals surface area contributed by atoms with Crippen LogP contribution in [0.15, 0.2) is 24.3 Å². The minimum absolute atomic E-state index is 0.222. The summed E-state index contributed by atoms with van der Waals surface area (Å²) in [4.78, 5) is 13.7. The van der Waals surface area contributed by atoms with Crippen molar-refractivity contribution >= 4 is 5.91 Å². The zero-order valence-electron chi connectivity index (χ0n) is 12.3. The molecular weight excluding hydrogens is 297 g/mol. The number of nitrogens with one attached hydrogen (secondary N) is 1. The second kappa shape index (κ2) is 7.00. The summed E-state index contributed by atoms with van der Waals surface area (Å²) in [5.41, 5.74) is -0.866. The molecule has 1 atom stereocenters. The number of carbonyl (C=O) groups is 1. The number of nitrogens with zero attached hydrogens (tertiary/aromatic N) is 1. The molecule has 1 heterocycles. The first kappa shape index (κ1) is 16.6. The Balaban J connectivity index is 1.97. The summed E-state index contributed by atoms with van der Waals surface area (Å²) in [7, 11) is 1.83. The van der Waals surface area contributed by atoms with Gasteiger partial charge in [0.25, 0.3) is 5.91 Å². The van der Waals surface area contributed by atoms with Crippen molar-refractivity contribution in [2.45, 2.75) is 25.1 Å². The minimum atomic E-state index is -4.50. The number of para-hydroxylation sites is 1. The number of benzene rings is 1. The van der Waals surface area contributed by atoms with Crippen molar-refractivity contribution in [2.24, 2.45) is 0 Å². The lowest BCUT2D eigenvalue weighted by atomic mass is 10.1. The molecule has 1 fully saturated rings. The van der Waals surface area contributed by atoms with Gasteiger partial charge in [0.15, 0.2) is 6.61 Å². The number of hydrogen-bond donors (Lipinski definition) is 1. The molecule has 1 aliphatic heterocycles. The van der Waals surface area contributed by atoms with Crippen molar-refractivity contribution in [3.05, 3.63) is 29.8 Å². The number of halogens is 3. The third-order valence-corrected chi connectivity index (χ3v) is 3.73. The van der Waals surface area contributed by atoms with E-state index in [1.165, 1.54) is 18.2 Å². The van der Waals surface area contributed by atoms with Crippen LogP contribution >= 0.6 is 0 Å². The zero-order valence-corrected chi connectivity index (χ0v) is 12.3. The van der Waals surface area contributed by atoms with Crippen molar-refractivity contribution < 1.29 is 22.7 Å². The maximum absolute atomic E-state index is 12.8. The Labute approximate surface area is 127 Å². The maximum Gasteiger partial charge on any atom is 0.419 e. The first-order valence-electron chi connectivity index (χ1n) is 7.16. The van der Waals surface area contributed by atoms with E-state index in [1.54, 1.807) is 4.90 Å². The first-order chi connectivity index (χ1) is 10.4. The number of piperidine rings is 1. The largest absolute Gasteiger partial charge is 0.483 e. The molecule has 1 unspecified atom stereocenters. The average molecular weight is 316 g/mol. The quantitative estimate of drug-likeness (QED) is 0.927. The van der Waals surface area contributed by atoms with Crippen LogP contribution in [0, 0.1) is 0 Å². The van der Waals surface area contributed by atoms with Crippen molar-refractivity contribution in [1.82, 2.24) is 10.2 Å². The van der Waals surface area contributed by atoms with Gasteiger partial charge in [-0.15, -0.1) is 0 Å². The zero-order chi connectivity index (χ0) is 16.2. The second-order valence-corrected chi connectivity index (χ2v) is 5.25. The topological polar surface area (TPSA) is 41.6 Å². The fourth-order valence-corrected chi connectivity index (χ4v) is 2.50. The lowest BCUT2D eigenvalue weighted by molar-refractivity contribution is -0.141. The molecule has 2 rings (SSSR count). The van der Waals surface area contributed by atoms with Crippen LogP contribution in [0.2, 0.25) is 0 Å². The highest BCUT2D eigenvalue weighted by Gasteiger charge is 2.34. The van der Waals surface area contributed by atoms with Gasteiger partial charge in [-0.3, -0.25) is 4.79 Å². The Hall–Kier alpha value is -1.76. The number of alkyl halides is 3. The summed E-state index contributed by atoms with van der Waals surface area (Å²) in [6.45, 7) is 0.782. The third-order valence-electron chi connectivity index (χ3n) is 3.73. The van der Waals surface area contributed by atoms with Crippen LogP contribution in [0.4, 0.5) is 13.2 Å². The summed E-state index contributed by atoms with van der Waals surface area (Å²) >= 11 is 0. The Morgan fingerprint density at radius 1 is 1.41 bits per heavy atom. The number of amides is 1. The van der Waals surface area contributed by atoms with E-state index in [0.717, 1.165) is 18.9 Å². The van der Waals surface area contributed by atoms with E-state index in [0.29, 0.717) is 13.1 Å². The molecule has 0 aromatic heterocycles. The lowest BCUT2D eigenvalue weighted by Crippen LogP contribution is -2.48. The number of likely N-dealkylation sites (tertiary alicyclic amines) is 1. The SMILES string of the molecule is CNC1CCCN(C(=O)COc2ccccc2C(F)(F)F)C1. The van der Waals surface area contributed by atoms with E-state index in [1.807, 2.05) is 7.05 Å². The van der Waals surface area contributed by atoms with Crippen LogP contribution in [0.1, 0.15) is 18.4 Å². The van der Waals surface area contributed by atoms with Gasteiger partial charge in [0.05, 0.1) is 5.56 Å². The lowest BCUT2D eigenvalue weighted by Gasteiger charge is -2.32. The van der Waals surface area contributed by atoms with Crippen molar-refractivity contribution in [3.63, 3.8) is 0 Å². The van der Waals surface area contributed by atoms with Gasteiger partial charge in [-0.1, -0.05) is 12.1 Å². The summed E-state index contributed by atoms with van der Waals surface area (Å²) in [6, 6.07) is 5.13. The van der Waals surface area contributed by atoms with Gasteiger partial charge in [0, 0.05) is 19.1 Å². The number of rotatable bonds is 4. The highest BCUT2D eigenvalue weighted by atomic mass is 19.4. The number of hydrogen-bond acceptors (Lipinski definition) is 3. The van der Waals surface area contributed by atoms with E-state index in [9.17, 15) is 18.0 Å². The van der Waals surface area contributed by atoms with Crippen molar-refractivity contribution in [1.29, 1.82) is 0 Å². The monoisotopic (exact) mass is 316 g/mol. The van der Waals surface area contributed by atoms with E-state index in [4.69, 9.17) is 4.74 Å². The maximum atomic E-state index is 12.8. The average Bonchev–Trinajstić information content (AvgIpc) is 2.52. The normalized spacial score (nSPS) is 19.1. The van der Waals surface area contributed by atoms with Crippen LogP contribution in [-0.4, -0.2) is 43.6 Å². The Morgan fingerprint density at radius 2 is 2.14 bits per heavy atom. The molecule has 7 heteroatoms. The molecule has 1 amide bonds. The highest BCUT2D eigenvalue weighted by molar-refractivity contribution is 5.78. The third kappa shape index (κ3) is 4.13. The van der Waals surface area contributed by atoms with Crippen LogP contribution in [0.25, 0.3) is 0 Å². The van der Waals surface area contributed by atoms with Gasteiger partial charge in [0.2, 0.25) is 0 Å². The van der Waals surface area contributed by atoms with Gasteiger partial charge in [-0.2, -0.15) is 13.2 Å². The second-order valence-electron chi connectivity index (χ2n) is 5.25. The van der Waals surface area contributed by atoms with E-state index >= 15 is 0 Å². The molecule has 0 radical (unpaired) electrons. The smallest absolute Gasteiger partial charge is 0.419 e. The Kier molecular flexibility index (Phi) is 5.28. The molecule has 122 valence electrons. The number of likely N-dealkylation sites (N-methyl/N-ethyl adjacent to an activating group) is 1. The first-order valence-corrected chi connectivity index (χ1v) is 7.16. The Bertz CT molecular complexity index is 520. The van der Waals surface area contributed by atoms with Gasteiger partial charge in [-0.25, -0.2) is 0 Å². The molecule has 1 saturated heterocycles. The molecule has 0 saturated carbocycles. The van der Waals surface area contributed by atoms with E-state index in [-0.39, 0.29) is 24.3 Å². The molecular formula is C15H19F3N2O2. The molecule has 1 N–H and O–H groups in total. The molecule has 22 heavy (non-hydrogen) atoms. The molecule has 0 bridgehead atoms. The molecule has 1 aromatic carbocycles. The predicted octanol–water partition coefficient (Wildman–Crippen LogP) is 2.29. The van der Waals surface area contributed by atoms with Crippen molar-refractivity contribution in [2.75, 3.05) is 26.7 Å². The van der Waals surface area contributed by atoms with E-state index in [2.05, 4.69) is 5.32 Å². The molecule has 1 aromatic rings. The van der Waals surface area contributed by atoms with Crippen molar-refractivity contribution in [3.8, 4) is 5.75 Å². The molecule has 0 aliphatic carbocycles. The molecule has 4 nitrogen and oxygen atoms in total. The standard InChI is InChI=1S/C15H19F3N2O2/c1-19-11-5-4-8-20(9-11)14(21)10-22-13-7-3-2-6-12(13)15(16,17)18/h2-3,6-7,11,19H,4-5,8-10H2,1H3. The minimum Gasteiger partial charge on any atom is -0.483 e. The van der Waals surface area contributed by atoms with Gasteiger partial charge < -0.3 is 15.0 Å². The summed E-state index contributed by atoms with van der Waals surface area (Å²) in [5.74, 6) is -0.609. The van der Waals surface area contributed by atoms with Crippen LogP contribution in [0.3, 0.4) is 0 Å². The number of ether oxygens (including phenoxy) is 1. The summed E-state index contributed by atoms with van der Waals surface area (Å²) < 4.78 is 43.6. The van der Waals surface area contributed by atoms with Crippen LogP contribution in [-0.2, 0) is 11.0 Å². The van der Waals surface area contributed by atoms with Gasteiger partial charge in [0.1, 0.15) is 5.75 Å². The molecule has 1 aliphatic rings. The number of carbonyl (C=O) groups excluding carboxylic acids is 1. The Morgan fingerprint density at radius 3 is 2.82 bits per heavy atom. The fourth-order valence-electron chi connectivity index (χ4n) is 2.50. The van der Waals surface area contributed by atoms with E-state index < -0.39 is 11.7 Å².